The van der Waals surface area contributed by atoms with Crippen LogP contribution in [0.3, 0.4) is 0 Å². The summed E-state index contributed by atoms with van der Waals surface area (Å²) in [7, 11) is 0. The number of carbonyl (C=O) groups is 3. The third-order valence-corrected chi connectivity index (χ3v) is 6.63. The number of carbonyl (C=O) groups excluding carboxylic acids is 3. The lowest BCUT2D eigenvalue weighted by Gasteiger charge is -2.30. The number of hydrogen-bond acceptors (Lipinski definition) is 4. The van der Waals surface area contributed by atoms with E-state index in [2.05, 4.69) is 5.32 Å². The normalized spacial score (nSPS) is 24.8. The molecule has 27 heavy (non-hydrogen) atoms. The highest BCUT2D eigenvalue weighted by molar-refractivity contribution is 7.99. The number of hydrogen-bond donors (Lipinski definition) is 1. The molecule has 1 atom stereocenters. The molecule has 144 valence electrons. The zero-order chi connectivity index (χ0) is 19.0. The van der Waals surface area contributed by atoms with E-state index < -0.39 is 5.54 Å². The second-order valence-electron chi connectivity index (χ2n) is 7.48. The smallest absolute Gasteiger partial charge is 0.325 e. The molecule has 3 fully saturated rings. The molecule has 0 radical (unpaired) electrons. The lowest BCUT2D eigenvalue weighted by Crippen LogP contribution is -2.49. The molecule has 4 rings (SSSR count). The van der Waals surface area contributed by atoms with Gasteiger partial charge in [0.25, 0.3) is 5.91 Å². The summed E-state index contributed by atoms with van der Waals surface area (Å²) >= 11 is 1.79. The van der Waals surface area contributed by atoms with Gasteiger partial charge in [-0.3, -0.25) is 14.5 Å². The van der Waals surface area contributed by atoms with Gasteiger partial charge in [0, 0.05) is 37.5 Å². The van der Waals surface area contributed by atoms with Crippen LogP contribution in [-0.2, 0) is 16.1 Å². The van der Waals surface area contributed by atoms with E-state index >= 15 is 0 Å². The summed E-state index contributed by atoms with van der Waals surface area (Å²) < 4.78 is 13.9. The molecule has 0 saturated carbocycles. The monoisotopic (exact) mass is 391 g/mol. The van der Waals surface area contributed by atoms with Crippen LogP contribution >= 0.6 is 11.8 Å². The highest BCUT2D eigenvalue weighted by Crippen LogP contribution is 2.33. The number of rotatable bonds is 4. The number of nitrogens with one attached hydrogen (secondary N) is 1. The van der Waals surface area contributed by atoms with Gasteiger partial charge in [0.15, 0.2) is 0 Å². The molecule has 3 aliphatic rings. The number of benzene rings is 1. The van der Waals surface area contributed by atoms with Crippen molar-refractivity contribution in [1.29, 1.82) is 0 Å². The fourth-order valence-corrected chi connectivity index (χ4v) is 5.31. The Morgan fingerprint density at radius 2 is 1.93 bits per heavy atom. The van der Waals surface area contributed by atoms with E-state index in [1.54, 1.807) is 34.9 Å². The molecule has 1 spiro atoms. The van der Waals surface area contributed by atoms with Gasteiger partial charge in [-0.1, -0.05) is 18.2 Å². The van der Waals surface area contributed by atoms with Gasteiger partial charge in [-0.25, -0.2) is 9.18 Å². The van der Waals surface area contributed by atoms with Gasteiger partial charge in [0.2, 0.25) is 5.91 Å². The molecule has 6 nitrogen and oxygen atoms in total. The van der Waals surface area contributed by atoms with E-state index in [1.807, 2.05) is 0 Å². The van der Waals surface area contributed by atoms with Crippen molar-refractivity contribution < 1.29 is 18.8 Å². The van der Waals surface area contributed by atoms with E-state index in [1.165, 1.54) is 11.0 Å². The molecule has 4 amide bonds. The summed E-state index contributed by atoms with van der Waals surface area (Å²) in [5, 5.41) is 2.89. The van der Waals surface area contributed by atoms with Crippen molar-refractivity contribution in [3.8, 4) is 0 Å². The molecule has 1 aromatic rings. The second kappa shape index (κ2) is 7.14. The molecular formula is C19H22FN3O3S. The molecule has 1 N–H and O–H groups in total. The molecular weight excluding hydrogens is 369 g/mol. The Bertz CT molecular complexity index is 781. The first kappa shape index (κ1) is 18.3. The number of imide groups is 1. The quantitative estimate of drug-likeness (QED) is 0.797. The van der Waals surface area contributed by atoms with E-state index in [-0.39, 0.29) is 49.1 Å². The summed E-state index contributed by atoms with van der Waals surface area (Å²) in [5.74, 6) is 1.04. The van der Waals surface area contributed by atoms with Crippen LogP contribution in [0.4, 0.5) is 9.18 Å². The van der Waals surface area contributed by atoms with Crippen molar-refractivity contribution in [3.05, 3.63) is 35.6 Å². The predicted molar refractivity (Wildman–Crippen MR) is 99.5 cm³/mol. The van der Waals surface area contributed by atoms with Crippen molar-refractivity contribution >= 4 is 29.6 Å². The van der Waals surface area contributed by atoms with Crippen molar-refractivity contribution in [1.82, 2.24) is 15.1 Å². The topological polar surface area (TPSA) is 69.7 Å². The minimum absolute atomic E-state index is 0.0703. The van der Waals surface area contributed by atoms with Crippen LogP contribution in [0.2, 0.25) is 0 Å². The van der Waals surface area contributed by atoms with E-state index in [0.29, 0.717) is 24.9 Å². The fourth-order valence-electron chi connectivity index (χ4n) is 4.12. The molecule has 8 heteroatoms. The Morgan fingerprint density at radius 3 is 2.67 bits per heavy atom. The molecule has 0 aliphatic carbocycles. The number of urea groups is 1. The fraction of sp³-hybridized carbons (Fsp3) is 0.526. The molecule has 0 aromatic heterocycles. The highest BCUT2D eigenvalue weighted by Gasteiger charge is 2.52. The maximum absolute atomic E-state index is 13.9. The first-order valence-electron chi connectivity index (χ1n) is 9.21. The summed E-state index contributed by atoms with van der Waals surface area (Å²) in [6.45, 7) is 0.870. The molecule has 3 heterocycles. The summed E-state index contributed by atoms with van der Waals surface area (Å²) in [5.41, 5.74) is -0.280. The molecule has 3 saturated heterocycles. The van der Waals surface area contributed by atoms with Crippen LogP contribution < -0.4 is 5.32 Å². The van der Waals surface area contributed by atoms with E-state index in [0.717, 1.165) is 11.5 Å². The average Bonchev–Trinajstić information content (AvgIpc) is 3.10. The van der Waals surface area contributed by atoms with Crippen LogP contribution in [0.25, 0.3) is 0 Å². The number of likely N-dealkylation sites (tertiary alicyclic amines) is 1. The van der Waals surface area contributed by atoms with Gasteiger partial charge in [-0.2, -0.15) is 11.8 Å². The van der Waals surface area contributed by atoms with Crippen LogP contribution in [0, 0.1) is 11.7 Å². The summed E-state index contributed by atoms with van der Waals surface area (Å²) in [6.07, 6.45) is 1.58. The predicted octanol–water partition coefficient (Wildman–Crippen LogP) is 1.99. The highest BCUT2D eigenvalue weighted by atomic mass is 32.2. The van der Waals surface area contributed by atoms with Gasteiger partial charge in [0.05, 0.1) is 0 Å². The van der Waals surface area contributed by atoms with Crippen molar-refractivity contribution in [2.24, 2.45) is 5.92 Å². The van der Waals surface area contributed by atoms with Gasteiger partial charge in [-0.05, 0) is 30.4 Å². The van der Waals surface area contributed by atoms with Crippen molar-refractivity contribution in [2.45, 2.75) is 31.3 Å². The molecule has 3 aliphatic heterocycles. The molecule has 1 aromatic carbocycles. The average molecular weight is 391 g/mol. The van der Waals surface area contributed by atoms with Gasteiger partial charge in [0.1, 0.15) is 11.4 Å². The van der Waals surface area contributed by atoms with E-state index in [4.69, 9.17) is 0 Å². The minimum atomic E-state index is -0.752. The molecule has 0 bridgehead atoms. The Morgan fingerprint density at radius 1 is 1.19 bits per heavy atom. The Balaban J connectivity index is 1.40. The zero-order valence-corrected chi connectivity index (χ0v) is 15.8. The van der Waals surface area contributed by atoms with Gasteiger partial charge < -0.3 is 10.2 Å². The first-order chi connectivity index (χ1) is 13.0. The summed E-state index contributed by atoms with van der Waals surface area (Å²) in [4.78, 5) is 40.5. The third kappa shape index (κ3) is 3.42. The number of halogens is 1. The minimum Gasteiger partial charge on any atom is -0.338 e. The van der Waals surface area contributed by atoms with Crippen LogP contribution in [0.15, 0.2) is 24.3 Å². The number of nitrogens with zero attached hydrogens (tertiary/aromatic N) is 2. The Labute approximate surface area is 161 Å². The Hall–Kier alpha value is -2.09. The number of thioether (sulfide) groups is 1. The van der Waals surface area contributed by atoms with Gasteiger partial charge in [-0.15, -0.1) is 0 Å². The zero-order valence-electron chi connectivity index (χ0n) is 14.9. The second-order valence-corrected chi connectivity index (χ2v) is 8.70. The first-order valence-corrected chi connectivity index (χ1v) is 10.4. The van der Waals surface area contributed by atoms with Crippen LogP contribution in [0.5, 0.6) is 0 Å². The Kier molecular flexibility index (Phi) is 4.84. The van der Waals surface area contributed by atoms with Crippen molar-refractivity contribution in [3.63, 3.8) is 0 Å². The van der Waals surface area contributed by atoms with Crippen molar-refractivity contribution in [2.75, 3.05) is 24.6 Å². The summed E-state index contributed by atoms with van der Waals surface area (Å²) in [6, 6.07) is 6.05. The molecule has 1 unspecified atom stereocenters. The maximum Gasteiger partial charge on any atom is 0.325 e. The SMILES string of the molecule is O=C1CC(CN2C(=O)NC3(CCSCC3)C2=O)CN1Cc1ccccc1F. The lowest BCUT2D eigenvalue weighted by molar-refractivity contribution is -0.132. The standard InChI is InChI=1S/C19H22FN3O3S/c20-15-4-2-1-3-14(15)12-22-10-13(9-16(22)24)11-23-17(25)19(21-18(23)26)5-7-27-8-6-19/h1-4,13H,5-12H2,(H,21,26). The maximum atomic E-state index is 13.9. The number of amides is 4. The van der Waals surface area contributed by atoms with Crippen LogP contribution in [0.1, 0.15) is 24.8 Å². The third-order valence-electron chi connectivity index (χ3n) is 5.65. The largest absolute Gasteiger partial charge is 0.338 e. The lowest BCUT2D eigenvalue weighted by atomic mass is 9.92. The van der Waals surface area contributed by atoms with Crippen LogP contribution in [-0.4, -0.2) is 57.8 Å². The van der Waals surface area contributed by atoms with E-state index in [9.17, 15) is 18.8 Å². The van der Waals surface area contributed by atoms with Gasteiger partial charge >= 0.3 is 6.03 Å².